The van der Waals surface area contributed by atoms with Gasteiger partial charge in [0.1, 0.15) is 24.9 Å². The molecular formula is C28H35N3O6. The Morgan fingerprint density at radius 2 is 1.76 bits per heavy atom. The summed E-state index contributed by atoms with van der Waals surface area (Å²) in [6.45, 7) is 4.51. The quantitative estimate of drug-likeness (QED) is 0.371. The number of carbonyl (C=O) groups is 3. The van der Waals surface area contributed by atoms with Crippen LogP contribution in [0.1, 0.15) is 17.5 Å². The molecule has 0 spiro atoms. The van der Waals surface area contributed by atoms with Gasteiger partial charge < -0.3 is 24.8 Å². The molecule has 1 heterocycles. The molecule has 1 fully saturated rings. The standard InChI is InChI=1S/C20H25N3O5.C8H10O/c1-2-6-17(22-18(24)14-23-9-11-27-12-10-23)20(26)21-13-19(25)28-15-16-7-4-3-5-8-16;1-7-3-5-8(9-2)6-4-7/h1,3-5,7-8,17H,6,9-15H2,(H,21,26)(H,22,24);3-6H,1-2H3. The lowest BCUT2D eigenvalue weighted by Gasteiger charge is -2.26. The van der Waals surface area contributed by atoms with Gasteiger partial charge in [0.25, 0.3) is 0 Å². The highest BCUT2D eigenvalue weighted by Crippen LogP contribution is 2.09. The normalized spacial score (nSPS) is 13.6. The molecule has 9 heteroatoms. The third-order valence-electron chi connectivity index (χ3n) is 5.35. The number of benzene rings is 2. The average molecular weight is 510 g/mol. The minimum absolute atomic E-state index is 0.0275. The van der Waals surface area contributed by atoms with Gasteiger partial charge >= 0.3 is 5.97 Å². The van der Waals surface area contributed by atoms with Gasteiger partial charge in [-0.1, -0.05) is 48.0 Å². The molecule has 1 aliphatic heterocycles. The fraction of sp³-hybridized carbons (Fsp3) is 0.393. The second-order valence-corrected chi connectivity index (χ2v) is 8.30. The number of hydrogen-bond donors (Lipinski definition) is 2. The van der Waals surface area contributed by atoms with Crippen LogP contribution in [0.25, 0.3) is 0 Å². The monoisotopic (exact) mass is 509 g/mol. The van der Waals surface area contributed by atoms with Crippen LogP contribution in [0.4, 0.5) is 0 Å². The van der Waals surface area contributed by atoms with Crippen LogP contribution >= 0.6 is 0 Å². The Labute approximate surface area is 218 Å². The Kier molecular flexibility index (Phi) is 13.3. The summed E-state index contributed by atoms with van der Waals surface area (Å²) in [5.41, 5.74) is 2.11. The van der Waals surface area contributed by atoms with Crippen LogP contribution in [0.15, 0.2) is 54.6 Å². The number of morpholine rings is 1. The van der Waals surface area contributed by atoms with Crippen molar-refractivity contribution in [2.75, 3.05) is 46.5 Å². The van der Waals surface area contributed by atoms with Crippen LogP contribution in [0.5, 0.6) is 5.75 Å². The summed E-state index contributed by atoms with van der Waals surface area (Å²) in [5, 5.41) is 5.07. The summed E-state index contributed by atoms with van der Waals surface area (Å²) in [4.78, 5) is 38.2. The van der Waals surface area contributed by atoms with Crippen LogP contribution in [0.2, 0.25) is 0 Å². The summed E-state index contributed by atoms with van der Waals surface area (Å²) >= 11 is 0. The first-order chi connectivity index (χ1) is 17.9. The molecule has 2 aromatic rings. The van der Waals surface area contributed by atoms with Crippen molar-refractivity contribution >= 4 is 17.8 Å². The molecule has 2 aromatic carbocycles. The maximum Gasteiger partial charge on any atom is 0.325 e. The molecule has 1 saturated heterocycles. The van der Waals surface area contributed by atoms with Gasteiger partial charge in [-0.15, -0.1) is 12.3 Å². The molecule has 1 unspecified atom stereocenters. The summed E-state index contributed by atoms with van der Waals surface area (Å²) in [7, 11) is 1.67. The van der Waals surface area contributed by atoms with Crippen molar-refractivity contribution in [3.05, 3.63) is 65.7 Å². The molecule has 9 nitrogen and oxygen atoms in total. The van der Waals surface area contributed by atoms with Gasteiger partial charge in [-0.05, 0) is 24.6 Å². The Balaban J connectivity index is 0.000000449. The lowest BCUT2D eigenvalue weighted by Crippen LogP contribution is -2.51. The first-order valence-electron chi connectivity index (χ1n) is 12.0. The maximum absolute atomic E-state index is 12.3. The number of nitrogens with one attached hydrogen (secondary N) is 2. The van der Waals surface area contributed by atoms with Gasteiger partial charge in [0, 0.05) is 19.5 Å². The first-order valence-corrected chi connectivity index (χ1v) is 12.0. The van der Waals surface area contributed by atoms with E-state index in [4.69, 9.17) is 20.6 Å². The predicted octanol–water partition coefficient (Wildman–Crippen LogP) is 1.69. The smallest absolute Gasteiger partial charge is 0.325 e. The molecule has 0 radical (unpaired) electrons. The minimum Gasteiger partial charge on any atom is -0.497 e. The number of methoxy groups -OCH3 is 1. The molecule has 198 valence electrons. The number of aryl methyl sites for hydroxylation is 1. The molecule has 0 aliphatic carbocycles. The van der Waals surface area contributed by atoms with E-state index in [9.17, 15) is 14.4 Å². The van der Waals surface area contributed by atoms with Crippen LogP contribution in [-0.4, -0.2) is 75.2 Å². The van der Waals surface area contributed by atoms with E-state index in [1.807, 2.05) is 59.5 Å². The number of ether oxygens (including phenoxy) is 3. The van der Waals surface area contributed by atoms with Crippen molar-refractivity contribution in [3.63, 3.8) is 0 Å². The Hall–Kier alpha value is -3.87. The SMILES string of the molecule is C#CCC(NC(=O)CN1CCOCC1)C(=O)NCC(=O)OCc1ccccc1.COc1ccc(C)cc1. The van der Waals surface area contributed by atoms with Crippen LogP contribution in [0.3, 0.4) is 0 Å². The van der Waals surface area contributed by atoms with E-state index in [-0.39, 0.29) is 32.0 Å². The molecule has 3 rings (SSSR count). The molecule has 2 amide bonds. The van der Waals surface area contributed by atoms with Crippen molar-refractivity contribution in [2.24, 2.45) is 0 Å². The largest absolute Gasteiger partial charge is 0.497 e. The number of rotatable bonds is 10. The summed E-state index contributed by atoms with van der Waals surface area (Å²) < 4.78 is 15.3. The molecule has 0 saturated carbocycles. The Morgan fingerprint density at radius 3 is 2.38 bits per heavy atom. The number of hydrogen-bond acceptors (Lipinski definition) is 7. The van der Waals surface area contributed by atoms with E-state index in [2.05, 4.69) is 23.5 Å². The third kappa shape index (κ3) is 12.1. The van der Waals surface area contributed by atoms with Gasteiger partial charge in [0.2, 0.25) is 11.8 Å². The number of amides is 2. The fourth-order valence-electron chi connectivity index (χ4n) is 3.28. The minimum atomic E-state index is -0.902. The molecule has 37 heavy (non-hydrogen) atoms. The van der Waals surface area contributed by atoms with Gasteiger partial charge in [-0.25, -0.2) is 0 Å². The van der Waals surface area contributed by atoms with Gasteiger partial charge in [0.15, 0.2) is 0 Å². The van der Waals surface area contributed by atoms with Crippen LogP contribution in [0, 0.1) is 19.3 Å². The zero-order valence-electron chi connectivity index (χ0n) is 21.4. The topological polar surface area (TPSA) is 106 Å². The predicted molar refractivity (Wildman–Crippen MR) is 140 cm³/mol. The van der Waals surface area contributed by atoms with E-state index in [0.29, 0.717) is 26.3 Å². The van der Waals surface area contributed by atoms with Gasteiger partial charge in [-0.2, -0.15) is 0 Å². The highest BCUT2D eigenvalue weighted by molar-refractivity contribution is 5.90. The average Bonchev–Trinajstić information content (AvgIpc) is 2.92. The van der Waals surface area contributed by atoms with E-state index >= 15 is 0 Å². The van der Waals surface area contributed by atoms with E-state index in [0.717, 1.165) is 11.3 Å². The molecule has 1 atom stereocenters. The van der Waals surface area contributed by atoms with Crippen molar-refractivity contribution in [1.82, 2.24) is 15.5 Å². The van der Waals surface area contributed by atoms with Crippen molar-refractivity contribution < 1.29 is 28.6 Å². The lowest BCUT2D eigenvalue weighted by atomic mass is 10.2. The summed E-state index contributed by atoms with van der Waals surface area (Å²) in [6.07, 6.45) is 5.32. The Bertz CT molecular complexity index is 1010. The maximum atomic E-state index is 12.3. The van der Waals surface area contributed by atoms with E-state index in [1.165, 1.54) is 5.56 Å². The zero-order chi connectivity index (χ0) is 26.9. The van der Waals surface area contributed by atoms with Gasteiger partial charge in [-0.3, -0.25) is 19.3 Å². The molecule has 0 aromatic heterocycles. The molecule has 1 aliphatic rings. The molecule has 0 bridgehead atoms. The number of terminal acetylenes is 1. The van der Waals surface area contributed by atoms with Crippen molar-refractivity contribution in [3.8, 4) is 18.1 Å². The van der Waals surface area contributed by atoms with Crippen LogP contribution in [-0.2, 0) is 30.5 Å². The third-order valence-corrected chi connectivity index (χ3v) is 5.35. The van der Waals surface area contributed by atoms with E-state index < -0.39 is 17.9 Å². The fourth-order valence-corrected chi connectivity index (χ4v) is 3.28. The first kappa shape index (κ1) is 29.4. The summed E-state index contributed by atoms with van der Waals surface area (Å²) in [6, 6.07) is 16.3. The number of esters is 1. The second-order valence-electron chi connectivity index (χ2n) is 8.30. The molecular weight excluding hydrogens is 474 g/mol. The lowest BCUT2D eigenvalue weighted by molar-refractivity contribution is -0.145. The Morgan fingerprint density at radius 1 is 1.08 bits per heavy atom. The van der Waals surface area contributed by atoms with Crippen molar-refractivity contribution in [1.29, 1.82) is 0 Å². The molecule has 2 N–H and O–H groups in total. The number of carbonyl (C=O) groups excluding carboxylic acids is 3. The highest BCUT2D eigenvalue weighted by atomic mass is 16.5. The van der Waals surface area contributed by atoms with Crippen LogP contribution < -0.4 is 15.4 Å². The summed E-state index contributed by atoms with van der Waals surface area (Å²) in [5.74, 6) is 1.89. The van der Waals surface area contributed by atoms with E-state index in [1.54, 1.807) is 7.11 Å². The number of nitrogens with zero attached hydrogens (tertiary/aromatic N) is 1. The van der Waals surface area contributed by atoms with Gasteiger partial charge in [0.05, 0.1) is 26.9 Å². The second kappa shape index (κ2) is 16.7. The van der Waals surface area contributed by atoms with Crippen molar-refractivity contribution in [2.45, 2.75) is 26.0 Å². The highest BCUT2D eigenvalue weighted by Gasteiger charge is 2.22. The zero-order valence-corrected chi connectivity index (χ0v) is 21.4.